The van der Waals surface area contributed by atoms with Crippen molar-refractivity contribution in [3.05, 3.63) is 59.7 Å². The number of hydrogen-bond donors (Lipinski definition) is 0. The number of halogens is 2. The first kappa shape index (κ1) is 43.4. The zero-order chi connectivity index (χ0) is 35.2. The minimum absolute atomic E-state index is 0. The molecule has 0 atom stereocenters. The van der Waals surface area contributed by atoms with Crippen molar-refractivity contribution in [2.45, 2.75) is 39.7 Å². The van der Waals surface area contributed by atoms with Gasteiger partial charge in [0.2, 0.25) is 11.7 Å². The van der Waals surface area contributed by atoms with Crippen LogP contribution in [0.3, 0.4) is 0 Å². The molecule has 11 nitrogen and oxygen atoms in total. The Morgan fingerprint density at radius 3 is 1.67 bits per heavy atom. The molecular weight excluding hydrogens is 697 g/mol. The molecule has 13 heteroatoms. The lowest BCUT2D eigenvalue weighted by atomic mass is 10.1. The molecule has 3 aromatic carbocycles. The fourth-order valence-electron chi connectivity index (χ4n) is 5.87. The number of nitrogens with zero attached hydrogens (tertiary/aromatic N) is 3. The molecule has 1 fully saturated rings. The van der Waals surface area contributed by atoms with Crippen LogP contribution in [0.2, 0.25) is 0 Å². The SMILES string of the molecule is CCCOc1ccc(CC(=O)N(CCN2CCN(Cc3cc(OC)c(OC)c(OC)c3)CC2)c2ccc(OCCC)c(OC)c2)cc1OC.Cl.Cl. The molecule has 284 valence electrons. The van der Waals surface area contributed by atoms with Crippen molar-refractivity contribution in [1.29, 1.82) is 0 Å². The van der Waals surface area contributed by atoms with Gasteiger partial charge in [-0.3, -0.25) is 14.6 Å². The smallest absolute Gasteiger partial charge is 0.231 e. The molecule has 0 aromatic heterocycles. The summed E-state index contributed by atoms with van der Waals surface area (Å²) in [5.41, 5.74) is 2.72. The van der Waals surface area contributed by atoms with Gasteiger partial charge in [-0.15, -0.1) is 24.8 Å². The number of piperazine rings is 1. The third-order valence-electron chi connectivity index (χ3n) is 8.50. The Morgan fingerprint density at radius 1 is 0.627 bits per heavy atom. The highest BCUT2D eigenvalue weighted by Crippen LogP contribution is 2.38. The summed E-state index contributed by atoms with van der Waals surface area (Å²) in [6.07, 6.45) is 1.99. The number of rotatable bonds is 19. The molecule has 3 aromatic rings. The summed E-state index contributed by atoms with van der Waals surface area (Å²) < 4.78 is 39.6. The lowest BCUT2D eigenvalue weighted by molar-refractivity contribution is -0.118. The van der Waals surface area contributed by atoms with Crippen molar-refractivity contribution < 1.29 is 38.0 Å². The Labute approximate surface area is 315 Å². The van der Waals surface area contributed by atoms with Gasteiger partial charge < -0.3 is 38.1 Å². The van der Waals surface area contributed by atoms with E-state index < -0.39 is 0 Å². The normalized spacial score (nSPS) is 12.9. The van der Waals surface area contributed by atoms with Crippen molar-refractivity contribution in [2.24, 2.45) is 0 Å². The zero-order valence-corrected chi connectivity index (χ0v) is 32.7. The second-order valence-electron chi connectivity index (χ2n) is 11.9. The molecular formula is C38H55Cl2N3O8. The maximum atomic E-state index is 14.0. The maximum absolute atomic E-state index is 14.0. The molecule has 1 amide bonds. The highest BCUT2D eigenvalue weighted by Gasteiger charge is 2.23. The topological polar surface area (TPSA) is 91.4 Å². The molecule has 1 aliphatic rings. The van der Waals surface area contributed by atoms with Crippen LogP contribution in [-0.2, 0) is 17.8 Å². The fraction of sp³-hybridized carbons (Fsp3) is 0.500. The number of anilines is 1. The van der Waals surface area contributed by atoms with E-state index in [1.165, 1.54) is 0 Å². The Kier molecular flexibility index (Phi) is 18.9. The predicted octanol–water partition coefficient (Wildman–Crippen LogP) is 6.54. The van der Waals surface area contributed by atoms with Crippen LogP contribution in [-0.4, -0.2) is 104 Å². The van der Waals surface area contributed by atoms with Crippen LogP contribution in [0.25, 0.3) is 0 Å². The van der Waals surface area contributed by atoms with E-state index in [-0.39, 0.29) is 37.1 Å². The fourth-order valence-corrected chi connectivity index (χ4v) is 5.87. The minimum Gasteiger partial charge on any atom is -0.493 e. The minimum atomic E-state index is -0.0189. The summed E-state index contributed by atoms with van der Waals surface area (Å²) in [5.74, 6) is 4.44. The number of amides is 1. The Morgan fingerprint density at radius 2 is 1.14 bits per heavy atom. The van der Waals surface area contributed by atoms with Gasteiger partial charge in [0.25, 0.3) is 0 Å². The Bertz CT molecular complexity index is 1480. The van der Waals surface area contributed by atoms with Crippen molar-refractivity contribution in [1.82, 2.24) is 9.80 Å². The quantitative estimate of drug-likeness (QED) is 0.134. The predicted molar refractivity (Wildman–Crippen MR) is 206 cm³/mol. The Balaban J connectivity index is 0.00000451. The summed E-state index contributed by atoms with van der Waals surface area (Å²) in [7, 11) is 8.12. The van der Waals surface area contributed by atoms with Crippen LogP contribution in [0.5, 0.6) is 40.2 Å². The second kappa shape index (κ2) is 22.2. The first-order valence-corrected chi connectivity index (χ1v) is 17.0. The van der Waals surface area contributed by atoms with E-state index in [0.717, 1.165) is 68.9 Å². The third kappa shape index (κ3) is 11.9. The van der Waals surface area contributed by atoms with Gasteiger partial charge in [-0.05, 0) is 60.4 Å². The number of carbonyl (C=O) groups is 1. The molecule has 0 saturated carbocycles. The summed E-state index contributed by atoms with van der Waals surface area (Å²) in [4.78, 5) is 20.7. The standard InChI is InChI=1S/C38H53N3O8.2ClH/c1-8-20-48-31-12-10-28(22-33(31)43-3)25-37(42)41(30-11-13-32(49-21-9-2)34(26-30)44-4)19-18-39-14-16-40(17-15-39)27-29-23-35(45-5)38(47-7)36(24-29)46-6;;/h10-13,22-24,26H,8-9,14-21,25,27H2,1-7H3;2*1H. The molecule has 1 aliphatic heterocycles. The zero-order valence-electron chi connectivity index (χ0n) is 31.0. The highest BCUT2D eigenvalue weighted by molar-refractivity contribution is 5.95. The van der Waals surface area contributed by atoms with Gasteiger partial charge >= 0.3 is 0 Å². The van der Waals surface area contributed by atoms with Gasteiger partial charge in [0.15, 0.2) is 34.5 Å². The number of ether oxygens (including phenoxy) is 7. The second-order valence-corrected chi connectivity index (χ2v) is 11.9. The first-order chi connectivity index (χ1) is 23.9. The van der Waals surface area contributed by atoms with E-state index >= 15 is 0 Å². The molecule has 0 unspecified atom stereocenters. The van der Waals surface area contributed by atoms with Crippen molar-refractivity contribution >= 4 is 36.4 Å². The van der Waals surface area contributed by atoms with Gasteiger partial charge in [0.1, 0.15) is 0 Å². The molecule has 1 heterocycles. The van der Waals surface area contributed by atoms with Crippen LogP contribution in [0.4, 0.5) is 5.69 Å². The van der Waals surface area contributed by atoms with Crippen LogP contribution < -0.4 is 38.1 Å². The third-order valence-corrected chi connectivity index (χ3v) is 8.50. The maximum Gasteiger partial charge on any atom is 0.231 e. The highest BCUT2D eigenvalue weighted by atomic mass is 35.5. The molecule has 1 saturated heterocycles. The van der Waals surface area contributed by atoms with Crippen molar-refractivity contribution in [3.8, 4) is 40.2 Å². The van der Waals surface area contributed by atoms with Gasteiger partial charge in [-0.1, -0.05) is 19.9 Å². The lowest BCUT2D eigenvalue weighted by Crippen LogP contribution is -2.48. The summed E-state index contributed by atoms with van der Waals surface area (Å²) in [5, 5.41) is 0. The van der Waals surface area contributed by atoms with E-state index in [9.17, 15) is 4.79 Å². The van der Waals surface area contributed by atoms with E-state index in [4.69, 9.17) is 33.2 Å². The van der Waals surface area contributed by atoms with Gasteiger partial charge in [0.05, 0.1) is 55.2 Å². The van der Waals surface area contributed by atoms with E-state index in [1.807, 2.05) is 53.4 Å². The monoisotopic (exact) mass is 751 g/mol. The number of hydrogen-bond acceptors (Lipinski definition) is 10. The molecule has 0 N–H and O–H groups in total. The number of benzene rings is 3. The number of carbonyl (C=O) groups excluding carboxylic acids is 1. The summed E-state index contributed by atoms with van der Waals surface area (Å²) >= 11 is 0. The average Bonchev–Trinajstić information content (AvgIpc) is 3.13. The van der Waals surface area contributed by atoms with Gasteiger partial charge in [0, 0.05) is 57.6 Å². The Hall–Kier alpha value is -3.77. The van der Waals surface area contributed by atoms with Crippen LogP contribution in [0, 0.1) is 0 Å². The van der Waals surface area contributed by atoms with Crippen molar-refractivity contribution in [3.63, 3.8) is 0 Å². The molecule has 0 bridgehead atoms. The largest absolute Gasteiger partial charge is 0.493 e. The molecule has 4 rings (SSSR count). The van der Waals surface area contributed by atoms with Crippen LogP contribution in [0.15, 0.2) is 48.5 Å². The average molecular weight is 753 g/mol. The van der Waals surface area contributed by atoms with Crippen molar-refractivity contribution in [2.75, 3.05) is 92.9 Å². The van der Waals surface area contributed by atoms with E-state index in [2.05, 4.69) is 23.6 Å². The molecule has 0 aliphatic carbocycles. The van der Waals surface area contributed by atoms with Gasteiger partial charge in [-0.2, -0.15) is 0 Å². The molecule has 51 heavy (non-hydrogen) atoms. The van der Waals surface area contributed by atoms with E-state index in [0.29, 0.717) is 60.0 Å². The van der Waals surface area contributed by atoms with Gasteiger partial charge in [-0.25, -0.2) is 0 Å². The molecule has 0 radical (unpaired) electrons. The first-order valence-electron chi connectivity index (χ1n) is 17.0. The van der Waals surface area contributed by atoms with E-state index in [1.54, 1.807) is 35.5 Å². The van der Waals surface area contributed by atoms with Crippen LogP contribution in [0.1, 0.15) is 37.8 Å². The summed E-state index contributed by atoms with van der Waals surface area (Å²) in [6, 6.07) is 15.4. The number of methoxy groups -OCH3 is 5. The lowest BCUT2D eigenvalue weighted by Gasteiger charge is -2.36. The summed E-state index contributed by atoms with van der Waals surface area (Å²) in [6.45, 7) is 10.9. The molecule has 0 spiro atoms. The van der Waals surface area contributed by atoms with Crippen LogP contribution >= 0.6 is 24.8 Å².